The number of carbonyl (C=O) groups excluding carboxylic acids is 1. The Kier molecular flexibility index (Phi) is 5.80. The van der Waals surface area contributed by atoms with Gasteiger partial charge in [-0.2, -0.15) is 0 Å². The number of carbonyl (C=O) groups is 1. The molecule has 0 aromatic rings. The molecule has 0 heterocycles. The number of unbranched alkanes of at least 4 members (excludes halogenated alkanes) is 1. The van der Waals surface area contributed by atoms with Crippen molar-refractivity contribution in [1.29, 1.82) is 0 Å². The highest BCUT2D eigenvalue weighted by atomic mass is 16.1. The van der Waals surface area contributed by atoms with E-state index in [0.29, 0.717) is 12.8 Å². The van der Waals surface area contributed by atoms with Crippen LogP contribution in [-0.4, -0.2) is 31.8 Å². The van der Waals surface area contributed by atoms with Gasteiger partial charge in [-0.1, -0.05) is 5.92 Å². The van der Waals surface area contributed by atoms with Gasteiger partial charge in [-0.05, 0) is 14.1 Å². The van der Waals surface area contributed by atoms with Gasteiger partial charge >= 0.3 is 0 Å². The second-order valence-corrected chi connectivity index (χ2v) is 2.30. The summed E-state index contributed by atoms with van der Waals surface area (Å²) >= 11 is 0. The summed E-state index contributed by atoms with van der Waals surface area (Å²) in [5.41, 5.74) is 0. The maximum Gasteiger partial charge on any atom is 0.120 e. The molecule has 2 nitrogen and oxygen atoms in total. The molecule has 0 unspecified atom stereocenters. The smallest absolute Gasteiger partial charge is 0.120 e. The summed E-state index contributed by atoms with van der Waals surface area (Å²) in [6, 6.07) is 0. The fourth-order valence-corrected chi connectivity index (χ4v) is 0.433. The van der Waals surface area contributed by atoms with Gasteiger partial charge in [0.15, 0.2) is 0 Å². The molecule has 0 aromatic carbocycles. The molecule has 0 aromatic heterocycles. The first-order valence-corrected chi connectivity index (χ1v) is 3.31. The van der Waals surface area contributed by atoms with Crippen LogP contribution >= 0.6 is 0 Å². The van der Waals surface area contributed by atoms with E-state index in [1.807, 2.05) is 19.0 Å². The monoisotopic (exact) mass is 139 g/mol. The zero-order valence-corrected chi connectivity index (χ0v) is 6.55. The van der Waals surface area contributed by atoms with Crippen molar-refractivity contribution < 1.29 is 4.79 Å². The standard InChI is InChI=1S/C8H13NO/c1-9(2)7-5-3-4-6-8-10/h8H,4,6-7H2,1-2H3. The maximum atomic E-state index is 9.82. The minimum absolute atomic E-state index is 0.556. The highest BCUT2D eigenvalue weighted by Crippen LogP contribution is 1.79. The van der Waals surface area contributed by atoms with Crippen molar-refractivity contribution in [3.05, 3.63) is 0 Å². The summed E-state index contributed by atoms with van der Waals surface area (Å²) in [4.78, 5) is 11.8. The minimum atomic E-state index is 0.556. The van der Waals surface area contributed by atoms with Gasteiger partial charge in [-0.3, -0.25) is 4.90 Å². The van der Waals surface area contributed by atoms with Crippen LogP contribution in [0.2, 0.25) is 0 Å². The van der Waals surface area contributed by atoms with Gasteiger partial charge in [0.2, 0.25) is 0 Å². The van der Waals surface area contributed by atoms with Crippen LogP contribution in [-0.2, 0) is 4.79 Å². The van der Waals surface area contributed by atoms with E-state index in [2.05, 4.69) is 11.8 Å². The van der Waals surface area contributed by atoms with E-state index in [0.717, 1.165) is 12.8 Å². The summed E-state index contributed by atoms with van der Waals surface area (Å²) in [6.07, 6.45) is 2.14. The molecule has 56 valence electrons. The van der Waals surface area contributed by atoms with E-state index >= 15 is 0 Å². The molecule has 0 aliphatic rings. The van der Waals surface area contributed by atoms with E-state index in [4.69, 9.17) is 0 Å². The molecule has 0 bridgehead atoms. The van der Waals surface area contributed by atoms with Gasteiger partial charge in [-0.15, -0.1) is 5.92 Å². The van der Waals surface area contributed by atoms with E-state index < -0.39 is 0 Å². The molecule has 0 aliphatic carbocycles. The lowest BCUT2D eigenvalue weighted by atomic mass is 10.3. The third-order valence-electron chi connectivity index (χ3n) is 0.907. The number of hydrogen-bond donors (Lipinski definition) is 0. The molecular weight excluding hydrogens is 126 g/mol. The van der Waals surface area contributed by atoms with Gasteiger partial charge in [0.05, 0.1) is 6.54 Å². The molecule has 2 heteroatoms. The van der Waals surface area contributed by atoms with E-state index in [9.17, 15) is 4.79 Å². The van der Waals surface area contributed by atoms with Crippen LogP contribution in [0.3, 0.4) is 0 Å². The van der Waals surface area contributed by atoms with E-state index in [1.165, 1.54) is 0 Å². The first kappa shape index (κ1) is 9.19. The van der Waals surface area contributed by atoms with Gasteiger partial charge in [0, 0.05) is 12.8 Å². The number of nitrogens with zero attached hydrogens (tertiary/aromatic N) is 1. The van der Waals surface area contributed by atoms with Crippen molar-refractivity contribution in [2.75, 3.05) is 20.6 Å². The molecule has 0 spiro atoms. The molecule has 0 rings (SSSR count). The highest BCUT2D eigenvalue weighted by Gasteiger charge is 1.80. The fourth-order valence-electron chi connectivity index (χ4n) is 0.433. The summed E-state index contributed by atoms with van der Waals surface area (Å²) in [6.45, 7) is 0.777. The quantitative estimate of drug-likeness (QED) is 0.323. The van der Waals surface area contributed by atoms with Crippen molar-refractivity contribution in [3.8, 4) is 11.8 Å². The topological polar surface area (TPSA) is 20.3 Å². The van der Waals surface area contributed by atoms with Crippen LogP contribution in [0.15, 0.2) is 0 Å². The Morgan fingerprint density at radius 3 is 2.60 bits per heavy atom. The van der Waals surface area contributed by atoms with Gasteiger partial charge in [0.1, 0.15) is 6.29 Å². The van der Waals surface area contributed by atoms with Crippen LogP contribution in [0.25, 0.3) is 0 Å². The second-order valence-electron chi connectivity index (χ2n) is 2.30. The minimum Gasteiger partial charge on any atom is -0.303 e. The second kappa shape index (κ2) is 6.31. The molecule has 0 aliphatic heterocycles. The lowest BCUT2D eigenvalue weighted by Gasteiger charge is -2.00. The van der Waals surface area contributed by atoms with Crippen LogP contribution in [0.1, 0.15) is 12.8 Å². The van der Waals surface area contributed by atoms with Crippen molar-refractivity contribution in [2.45, 2.75) is 12.8 Å². The van der Waals surface area contributed by atoms with Crippen LogP contribution in [0.4, 0.5) is 0 Å². The van der Waals surface area contributed by atoms with Gasteiger partial charge in [-0.25, -0.2) is 0 Å². The summed E-state index contributed by atoms with van der Waals surface area (Å²) < 4.78 is 0. The van der Waals surface area contributed by atoms with E-state index in [-0.39, 0.29) is 0 Å². The lowest BCUT2D eigenvalue weighted by Crippen LogP contribution is -2.10. The maximum absolute atomic E-state index is 9.82. The Bertz CT molecular complexity index is 141. The Hall–Kier alpha value is -0.810. The molecule has 0 saturated carbocycles. The molecule has 0 amide bonds. The summed E-state index contributed by atoms with van der Waals surface area (Å²) in [5, 5.41) is 0. The largest absolute Gasteiger partial charge is 0.303 e. The Morgan fingerprint density at radius 2 is 2.10 bits per heavy atom. The van der Waals surface area contributed by atoms with Crippen LogP contribution in [0.5, 0.6) is 0 Å². The van der Waals surface area contributed by atoms with Gasteiger partial charge < -0.3 is 4.79 Å². The molecule has 0 fully saturated rings. The Morgan fingerprint density at radius 1 is 1.40 bits per heavy atom. The van der Waals surface area contributed by atoms with Crippen molar-refractivity contribution in [3.63, 3.8) is 0 Å². The van der Waals surface area contributed by atoms with Crippen molar-refractivity contribution >= 4 is 6.29 Å². The Balaban J connectivity index is 3.22. The van der Waals surface area contributed by atoms with Gasteiger partial charge in [0.25, 0.3) is 0 Å². The molecule has 10 heavy (non-hydrogen) atoms. The first-order chi connectivity index (χ1) is 4.77. The third-order valence-corrected chi connectivity index (χ3v) is 0.907. The number of rotatable bonds is 3. The van der Waals surface area contributed by atoms with Crippen LogP contribution < -0.4 is 0 Å². The molecule has 0 saturated heterocycles. The zero-order valence-electron chi connectivity index (χ0n) is 6.55. The zero-order chi connectivity index (χ0) is 7.82. The number of aldehydes is 1. The average molecular weight is 139 g/mol. The predicted octanol–water partition coefficient (Wildman–Crippen LogP) is 0.530. The SMILES string of the molecule is CN(C)CC#CCCC=O. The molecule has 0 atom stereocenters. The molecule has 0 N–H and O–H groups in total. The third kappa shape index (κ3) is 7.19. The molecule has 0 radical (unpaired) electrons. The summed E-state index contributed by atoms with van der Waals surface area (Å²) in [5.74, 6) is 5.83. The highest BCUT2D eigenvalue weighted by molar-refractivity contribution is 5.49. The van der Waals surface area contributed by atoms with Crippen molar-refractivity contribution in [1.82, 2.24) is 4.90 Å². The first-order valence-electron chi connectivity index (χ1n) is 3.31. The summed E-state index contributed by atoms with van der Waals surface area (Å²) in [7, 11) is 3.93. The molecular formula is C8H13NO. The fraction of sp³-hybridized carbons (Fsp3) is 0.625. The Labute approximate surface area is 62.2 Å². The number of hydrogen-bond acceptors (Lipinski definition) is 2. The lowest BCUT2D eigenvalue weighted by molar-refractivity contribution is -0.107. The predicted molar refractivity (Wildman–Crippen MR) is 41.6 cm³/mol. The van der Waals surface area contributed by atoms with E-state index in [1.54, 1.807) is 0 Å². The average Bonchev–Trinajstić information content (AvgIpc) is 1.87. The normalized spacial score (nSPS) is 8.70. The van der Waals surface area contributed by atoms with Crippen molar-refractivity contribution in [2.24, 2.45) is 0 Å². The van der Waals surface area contributed by atoms with Crippen LogP contribution in [0, 0.1) is 11.8 Å².